The molecule has 5 heteroatoms. The van der Waals surface area contributed by atoms with E-state index in [1.54, 1.807) is 18.3 Å². The molecule has 0 bridgehead atoms. The van der Waals surface area contributed by atoms with Crippen LogP contribution in [-0.4, -0.2) is 9.97 Å². The van der Waals surface area contributed by atoms with E-state index in [2.05, 4.69) is 15.3 Å². The lowest BCUT2D eigenvalue weighted by atomic mass is 10.3. The molecule has 4 nitrogen and oxygen atoms in total. The molecule has 0 saturated heterocycles. The molecule has 1 heterocycles. The van der Waals surface area contributed by atoms with Crippen LogP contribution in [0.15, 0.2) is 30.5 Å². The van der Waals surface area contributed by atoms with Crippen molar-refractivity contribution in [2.45, 2.75) is 6.92 Å². The maximum Gasteiger partial charge on any atom is 0.221 e. The number of nitrogens with zero attached hydrogens (tertiary/aromatic N) is 2. The summed E-state index contributed by atoms with van der Waals surface area (Å²) in [6.45, 7) is 1.85. The Kier molecular flexibility index (Phi) is 2.68. The smallest absolute Gasteiger partial charge is 0.221 e. The molecule has 0 spiro atoms. The molecule has 0 atom stereocenters. The van der Waals surface area contributed by atoms with Gasteiger partial charge in [0.1, 0.15) is 11.6 Å². The third-order valence-corrected chi connectivity index (χ3v) is 2.08. The van der Waals surface area contributed by atoms with E-state index < -0.39 is 0 Å². The van der Waals surface area contributed by atoms with Gasteiger partial charge in [-0.3, -0.25) is 0 Å². The van der Waals surface area contributed by atoms with E-state index >= 15 is 0 Å². The minimum atomic E-state index is -0.301. The third-order valence-electron chi connectivity index (χ3n) is 2.08. The highest BCUT2D eigenvalue weighted by Gasteiger charge is 2.02. The number of aromatic nitrogens is 2. The van der Waals surface area contributed by atoms with Crippen LogP contribution >= 0.6 is 0 Å². The van der Waals surface area contributed by atoms with Crippen LogP contribution in [0.3, 0.4) is 0 Å². The predicted molar refractivity (Wildman–Crippen MR) is 60.9 cm³/mol. The number of nitrogen functional groups attached to an aromatic ring is 1. The summed E-state index contributed by atoms with van der Waals surface area (Å²) >= 11 is 0. The zero-order chi connectivity index (χ0) is 11.5. The van der Waals surface area contributed by atoms with Crippen molar-refractivity contribution in [1.29, 1.82) is 0 Å². The molecule has 1 aromatic heterocycles. The van der Waals surface area contributed by atoms with Crippen molar-refractivity contribution in [3.8, 4) is 0 Å². The number of nitrogens with two attached hydrogens (primary N) is 1. The normalized spacial score (nSPS) is 10.1. The fourth-order valence-corrected chi connectivity index (χ4v) is 1.29. The van der Waals surface area contributed by atoms with E-state index in [0.717, 1.165) is 5.56 Å². The van der Waals surface area contributed by atoms with Crippen LogP contribution in [-0.2, 0) is 0 Å². The van der Waals surface area contributed by atoms with Crippen molar-refractivity contribution in [2.24, 2.45) is 0 Å². The number of rotatable bonds is 2. The van der Waals surface area contributed by atoms with Gasteiger partial charge in [-0.2, -0.15) is 4.98 Å². The molecule has 3 N–H and O–H groups in total. The van der Waals surface area contributed by atoms with E-state index in [1.165, 1.54) is 12.1 Å². The molecule has 1 aromatic carbocycles. The van der Waals surface area contributed by atoms with E-state index in [0.29, 0.717) is 11.5 Å². The second kappa shape index (κ2) is 4.14. The second-order valence-corrected chi connectivity index (χ2v) is 3.40. The third kappa shape index (κ3) is 2.25. The lowest BCUT2D eigenvalue weighted by molar-refractivity contribution is 0.628. The van der Waals surface area contributed by atoms with Crippen molar-refractivity contribution in [3.05, 3.63) is 41.8 Å². The molecule has 2 rings (SSSR count). The van der Waals surface area contributed by atoms with Gasteiger partial charge < -0.3 is 11.1 Å². The molecule has 0 aliphatic heterocycles. The lowest BCUT2D eigenvalue weighted by Gasteiger charge is -2.08. The van der Waals surface area contributed by atoms with Gasteiger partial charge in [-0.15, -0.1) is 0 Å². The topological polar surface area (TPSA) is 63.8 Å². The monoisotopic (exact) mass is 218 g/mol. The SMILES string of the molecule is Cc1cnc(N)nc1Nc1cccc(F)c1. The van der Waals surface area contributed by atoms with Crippen molar-refractivity contribution >= 4 is 17.5 Å². The summed E-state index contributed by atoms with van der Waals surface area (Å²) in [5, 5.41) is 2.98. The summed E-state index contributed by atoms with van der Waals surface area (Å²) in [6.07, 6.45) is 1.62. The Balaban J connectivity index is 2.30. The van der Waals surface area contributed by atoms with Gasteiger partial charge in [-0.05, 0) is 25.1 Å². The average Bonchev–Trinajstić information content (AvgIpc) is 2.24. The van der Waals surface area contributed by atoms with E-state index in [4.69, 9.17) is 5.73 Å². The Morgan fingerprint density at radius 1 is 1.38 bits per heavy atom. The molecule has 82 valence electrons. The standard InChI is InChI=1S/C11H11FN4/c1-7-6-14-11(13)16-10(7)15-9-4-2-3-8(12)5-9/h2-6H,1H3,(H3,13,14,15,16). The van der Waals surface area contributed by atoms with Gasteiger partial charge in [0.15, 0.2) is 0 Å². The number of hydrogen-bond acceptors (Lipinski definition) is 4. The highest BCUT2D eigenvalue weighted by Crippen LogP contribution is 2.18. The van der Waals surface area contributed by atoms with Crippen LogP contribution in [0, 0.1) is 12.7 Å². The van der Waals surface area contributed by atoms with Gasteiger partial charge in [-0.1, -0.05) is 6.07 Å². The first-order chi connectivity index (χ1) is 7.65. The number of anilines is 3. The molecule has 0 aliphatic rings. The Labute approximate surface area is 92.3 Å². The molecule has 16 heavy (non-hydrogen) atoms. The van der Waals surface area contributed by atoms with Gasteiger partial charge in [0.25, 0.3) is 0 Å². The van der Waals surface area contributed by atoms with Crippen molar-refractivity contribution in [3.63, 3.8) is 0 Å². The fraction of sp³-hybridized carbons (Fsp3) is 0.0909. The fourth-order valence-electron chi connectivity index (χ4n) is 1.29. The Bertz CT molecular complexity index is 513. The van der Waals surface area contributed by atoms with Gasteiger partial charge in [0, 0.05) is 17.4 Å². The first-order valence-corrected chi connectivity index (χ1v) is 4.77. The van der Waals surface area contributed by atoms with Crippen LogP contribution in [0.1, 0.15) is 5.56 Å². The zero-order valence-corrected chi connectivity index (χ0v) is 8.74. The van der Waals surface area contributed by atoms with Gasteiger partial charge in [0.2, 0.25) is 5.95 Å². The summed E-state index contributed by atoms with van der Waals surface area (Å²) in [4.78, 5) is 7.88. The molecule has 2 aromatic rings. The van der Waals surface area contributed by atoms with Gasteiger partial charge in [-0.25, -0.2) is 9.37 Å². The minimum absolute atomic E-state index is 0.185. The maximum atomic E-state index is 13.0. The zero-order valence-electron chi connectivity index (χ0n) is 8.74. The van der Waals surface area contributed by atoms with Crippen LogP contribution in [0.2, 0.25) is 0 Å². The van der Waals surface area contributed by atoms with Crippen molar-refractivity contribution in [2.75, 3.05) is 11.1 Å². The van der Waals surface area contributed by atoms with Crippen molar-refractivity contribution < 1.29 is 4.39 Å². The molecule has 0 unspecified atom stereocenters. The average molecular weight is 218 g/mol. The molecular formula is C11H11FN4. The molecule has 0 saturated carbocycles. The molecule has 0 amide bonds. The second-order valence-electron chi connectivity index (χ2n) is 3.40. The van der Waals surface area contributed by atoms with E-state index in [1.807, 2.05) is 6.92 Å². The Hall–Kier alpha value is -2.17. The number of aryl methyl sites for hydroxylation is 1. The first kappa shape index (κ1) is 10.4. The van der Waals surface area contributed by atoms with Crippen LogP contribution < -0.4 is 11.1 Å². The summed E-state index contributed by atoms with van der Waals surface area (Å²) < 4.78 is 13.0. The van der Waals surface area contributed by atoms with Crippen molar-refractivity contribution in [1.82, 2.24) is 9.97 Å². The van der Waals surface area contributed by atoms with Gasteiger partial charge >= 0.3 is 0 Å². The van der Waals surface area contributed by atoms with E-state index in [-0.39, 0.29) is 11.8 Å². The highest BCUT2D eigenvalue weighted by molar-refractivity contribution is 5.59. The number of halogens is 1. The molecule has 0 aliphatic carbocycles. The largest absolute Gasteiger partial charge is 0.368 e. The molecular weight excluding hydrogens is 207 g/mol. The highest BCUT2D eigenvalue weighted by atomic mass is 19.1. The first-order valence-electron chi connectivity index (χ1n) is 4.77. The van der Waals surface area contributed by atoms with Crippen LogP contribution in [0.25, 0.3) is 0 Å². The van der Waals surface area contributed by atoms with Gasteiger partial charge in [0.05, 0.1) is 0 Å². The quantitative estimate of drug-likeness (QED) is 0.811. The molecule has 0 fully saturated rings. The summed E-state index contributed by atoms with van der Waals surface area (Å²) in [5.74, 6) is 0.465. The van der Waals surface area contributed by atoms with Crippen LogP contribution in [0.4, 0.5) is 21.8 Å². The summed E-state index contributed by atoms with van der Waals surface area (Å²) in [7, 11) is 0. The lowest BCUT2D eigenvalue weighted by Crippen LogP contribution is -2.01. The predicted octanol–water partition coefficient (Wildman–Crippen LogP) is 2.25. The number of benzene rings is 1. The van der Waals surface area contributed by atoms with Crippen LogP contribution in [0.5, 0.6) is 0 Å². The summed E-state index contributed by atoms with van der Waals surface area (Å²) in [5.41, 5.74) is 6.95. The number of nitrogens with one attached hydrogen (secondary N) is 1. The molecule has 0 radical (unpaired) electrons. The minimum Gasteiger partial charge on any atom is -0.368 e. The van der Waals surface area contributed by atoms with E-state index in [9.17, 15) is 4.39 Å². The Morgan fingerprint density at radius 2 is 2.19 bits per heavy atom. The summed E-state index contributed by atoms with van der Waals surface area (Å²) in [6, 6.07) is 6.14. The number of hydrogen-bond donors (Lipinski definition) is 2. The maximum absolute atomic E-state index is 13.0. The Morgan fingerprint density at radius 3 is 2.94 bits per heavy atom.